The van der Waals surface area contributed by atoms with Crippen LogP contribution in [0.15, 0.2) is 12.2 Å². The molecule has 37 heavy (non-hydrogen) atoms. The molecular formula is C24H42BrNO11. The maximum Gasteiger partial charge on any atom is 0.253 e. The first kappa shape index (κ1) is 34.0. The molecule has 2 amide bonds. The van der Waals surface area contributed by atoms with Gasteiger partial charge in [-0.3, -0.25) is 14.5 Å². The fourth-order valence-electron chi connectivity index (χ4n) is 2.72. The van der Waals surface area contributed by atoms with Crippen LogP contribution < -0.4 is 0 Å². The second-order valence-corrected chi connectivity index (χ2v) is 8.15. The van der Waals surface area contributed by atoms with Gasteiger partial charge in [-0.15, -0.1) is 0 Å². The lowest BCUT2D eigenvalue weighted by Crippen LogP contribution is -2.33. The van der Waals surface area contributed by atoms with Crippen molar-refractivity contribution in [2.45, 2.75) is 0 Å². The molecule has 0 spiro atoms. The summed E-state index contributed by atoms with van der Waals surface area (Å²) in [5.41, 5.74) is 0. The van der Waals surface area contributed by atoms with Crippen LogP contribution in [0.4, 0.5) is 0 Å². The van der Waals surface area contributed by atoms with Gasteiger partial charge in [0.25, 0.3) is 11.8 Å². The molecule has 13 heteroatoms. The van der Waals surface area contributed by atoms with Crippen LogP contribution in [-0.4, -0.2) is 148 Å². The molecule has 0 saturated heterocycles. The number of halogens is 1. The van der Waals surface area contributed by atoms with Crippen molar-refractivity contribution in [2.75, 3.05) is 131 Å². The van der Waals surface area contributed by atoms with Crippen LogP contribution in [0.5, 0.6) is 0 Å². The first-order valence-electron chi connectivity index (χ1n) is 12.5. The van der Waals surface area contributed by atoms with E-state index in [-0.39, 0.29) is 25.0 Å². The van der Waals surface area contributed by atoms with Gasteiger partial charge >= 0.3 is 0 Å². The van der Waals surface area contributed by atoms with Gasteiger partial charge in [0.2, 0.25) is 0 Å². The minimum atomic E-state index is -0.303. The average molecular weight is 601 g/mol. The number of carbonyl (C=O) groups excluding carboxylic acids is 2. The second-order valence-electron chi connectivity index (χ2n) is 7.36. The van der Waals surface area contributed by atoms with Crippen molar-refractivity contribution in [2.24, 2.45) is 0 Å². The molecule has 0 N–H and O–H groups in total. The Balaban J connectivity index is 1.64. The second kappa shape index (κ2) is 26.6. The van der Waals surface area contributed by atoms with E-state index in [9.17, 15) is 9.59 Å². The molecule has 0 aromatic heterocycles. The highest BCUT2D eigenvalue weighted by Crippen LogP contribution is 2.02. The number of ether oxygens (including phenoxy) is 9. The van der Waals surface area contributed by atoms with E-state index in [0.717, 1.165) is 10.2 Å². The standard InChI is InChI=1S/C24H42BrNO11/c25-3-5-29-7-9-31-11-13-33-15-17-35-19-21-37-22-20-36-18-16-34-14-12-32-10-8-30-6-4-26-23(27)1-2-24(26)28/h1-2H,3-22H2. The van der Waals surface area contributed by atoms with Crippen LogP contribution in [-0.2, 0) is 52.2 Å². The molecule has 0 aromatic rings. The number of nitrogens with zero attached hydrogens (tertiary/aromatic N) is 1. The van der Waals surface area contributed by atoms with Crippen molar-refractivity contribution in [3.63, 3.8) is 0 Å². The summed E-state index contributed by atoms with van der Waals surface area (Å²) in [6.45, 7) is 9.18. The molecule has 1 aliphatic heterocycles. The van der Waals surface area contributed by atoms with Gasteiger partial charge in [0.15, 0.2) is 0 Å². The van der Waals surface area contributed by atoms with E-state index < -0.39 is 0 Å². The Hall–Kier alpha value is -1.00. The lowest BCUT2D eigenvalue weighted by Gasteiger charge is -2.13. The third kappa shape index (κ3) is 21.6. The molecular weight excluding hydrogens is 558 g/mol. The van der Waals surface area contributed by atoms with Gasteiger partial charge in [-0.25, -0.2) is 0 Å². The summed E-state index contributed by atoms with van der Waals surface area (Å²) in [5, 5.41) is 0.833. The van der Waals surface area contributed by atoms with Crippen LogP contribution in [0.2, 0.25) is 0 Å². The van der Waals surface area contributed by atoms with Crippen LogP contribution in [0.1, 0.15) is 0 Å². The predicted octanol–water partition coefficient (Wildman–Crippen LogP) is 0.456. The Bertz CT molecular complexity index is 565. The smallest absolute Gasteiger partial charge is 0.253 e. The molecule has 0 saturated carbocycles. The predicted molar refractivity (Wildman–Crippen MR) is 137 cm³/mol. The van der Waals surface area contributed by atoms with Crippen LogP contribution in [0.3, 0.4) is 0 Å². The summed E-state index contributed by atoms with van der Waals surface area (Å²) in [7, 11) is 0. The molecule has 0 bridgehead atoms. The SMILES string of the molecule is O=C1C=CC(=O)N1CCOCCOCCOCCOCCOCCOCCOCCOCCOCCBr. The van der Waals surface area contributed by atoms with E-state index in [4.69, 9.17) is 42.6 Å². The lowest BCUT2D eigenvalue weighted by atomic mass is 10.5. The molecule has 0 aromatic carbocycles. The molecule has 12 nitrogen and oxygen atoms in total. The molecule has 1 heterocycles. The first-order valence-corrected chi connectivity index (χ1v) is 13.7. The Kier molecular flexibility index (Phi) is 24.5. The molecule has 0 fully saturated rings. The lowest BCUT2D eigenvalue weighted by molar-refractivity contribution is -0.137. The number of amides is 2. The average Bonchev–Trinajstić information content (AvgIpc) is 3.22. The van der Waals surface area contributed by atoms with Gasteiger partial charge in [-0.2, -0.15) is 0 Å². The molecule has 1 rings (SSSR count). The monoisotopic (exact) mass is 599 g/mol. The maximum atomic E-state index is 11.4. The normalized spacial score (nSPS) is 13.4. The maximum absolute atomic E-state index is 11.4. The fourth-order valence-corrected chi connectivity index (χ4v) is 2.95. The minimum absolute atomic E-state index is 0.244. The summed E-state index contributed by atoms with van der Waals surface area (Å²) < 4.78 is 48.5. The number of rotatable bonds is 29. The largest absolute Gasteiger partial charge is 0.378 e. The minimum Gasteiger partial charge on any atom is -0.378 e. The summed E-state index contributed by atoms with van der Waals surface area (Å²) in [5.74, 6) is -0.607. The molecule has 216 valence electrons. The zero-order valence-corrected chi connectivity index (χ0v) is 23.2. The van der Waals surface area contributed by atoms with E-state index in [0.29, 0.717) is 112 Å². The van der Waals surface area contributed by atoms with Crippen molar-refractivity contribution in [1.29, 1.82) is 0 Å². The summed E-state index contributed by atoms with van der Waals surface area (Å²) in [4.78, 5) is 23.9. The number of carbonyl (C=O) groups is 2. The van der Waals surface area contributed by atoms with Gasteiger partial charge in [0, 0.05) is 17.5 Å². The molecule has 0 aliphatic carbocycles. The highest BCUT2D eigenvalue weighted by molar-refractivity contribution is 9.09. The molecule has 1 aliphatic rings. The summed E-state index contributed by atoms with van der Waals surface area (Å²) in [6, 6.07) is 0. The van der Waals surface area contributed by atoms with Crippen molar-refractivity contribution in [3.05, 3.63) is 12.2 Å². The Morgan fingerprint density at radius 3 is 0.946 bits per heavy atom. The summed E-state index contributed by atoms with van der Waals surface area (Å²) >= 11 is 3.29. The third-order valence-electron chi connectivity index (χ3n) is 4.56. The van der Waals surface area contributed by atoms with Crippen LogP contribution >= 0.6 is 15.9 Å². The molecule has 0 unspecified atom stereocenters. The van der Waals surface area contributed by atoms with E-state index in [1.54, 1.807) is 0 Å². The van der Waals surface area contributed by atoms with Crippen molar-refractivity contribution >= 4 is 27.7 Å². The fraction of sp³-hybridized carbons (Fsp3) is 0.833. The Labute approximate surface area is 227 Å². The Morgan fingerprint density at radius 1 is 0.432 bits per heavy atom. The zero-order valence-electron chi connectivity index (χ0n) is 21.6. The van der Waals surface area contributed by atoms with Gasteiger partial charge in [-0.05, 0) is 0 Å². The highest BCUT2D eigenvalue weighted by atomic mass is 79.9. The van der Waals surface area contributed by atoms with E-state index >= 15 is 0 Å². The van der Waals surface area contributed by atoms with Crippen molar-refractivity contribution in [1.82, 2.24) is 4.90 Å². The van der Waals surface area contributed by atoms with Gasteiger partial charge in [-0.1, -0.05) is 15.9 Å². The summed E-state index contributed by atoms with van der Waals surface area (Å²) in [6.07, 6.45) is 2.51. The van der Waals surface area contributed by atoms with Crippen molar-refractivity contribution in [3.8, 4) is 0 Å². The topological polar surface area (TPSA) is 120 Å². The Morgan fingerprint density at radius 2 is 0.676 bits per heavy atom. The van der Waals surface area contributed by atoms with Crippen LogP contribution in [0.25, 0.3) is 0 Å². The first-order chi connectivity index (χ1) is 18.3. The highest BCUT2D eigenvalue weighted by Gasteiger charge is 2.22. The van der Waals surface area contributed by atoms with E-state index in [2.05, 4.69) is 15.9 Å². The van der Waals surface area contributed by atoms with Gasteiger partial charge < -0.3 is 42.6 Å². The quantitative estimate of drug-likeness (QED) is 0.0677. The molecule has 0 atom stereocenters. The number of imide groups is 1. The third-order valence-corrected chi connectivity index (χ3v) is 4.88. The number of hydrogen-bond donors (Lipinski definition) is 0. The molecule has 0 radical (unpaired) electrons. The number of hydrogen-bond acceptors (Lipinski definition) is 11. The van der Waals surface area contributed by atoms with Crippen molar-refractivity contribution < 1.29 is 52.2 Å². The van der Waals surface area contributed by atoms with Gasteiger partial charge in [0.1, 0.15) is 0 Å². The van der Waals surface area contributed by atoms with E-state index in [1.165, 1.54) is 12.2 Å². The van der Waals surface area contributed by atoms with Gasteiger partial charge in [0.05, 0.1) is 125 Å². The number of alkyl halides is 1. The van der Waals surface area contributed by atoms with E-state index in [1.807, 2.05) is 0 Å². The van der Waals surface area contributed by atoms with Crippen LogP contribution in [0, 0.1) is 0 Å². The zero-order chi connectivity index (χ0) is 26.7.